The largest absolute Gasteiger partial charge is 0.338 e. The molecule has 1 fully saturated rings. The molecule has 0 saturated carbocycles. The molecule has 0 aliphatic carbocycles. The van der Waals surface area contributed by atoms with Crippen LogP contribution in [0.4, 0.5) is 0 Å². The van der Waals surface area contributed by atoms with Crippen molar-refractivity contribution in [3.8, 4) is 11.6 Å². The second-order valence-corrected chi connectivity index (χ2v) is 6.48. The van der Waals surface area contributed by atoms with E-state index in [0.717, 1.165) is 25.2 Å². The maximum atomic E-state index is 6.05. The lowest BCUT2D eigenvalue weighted by Crippen LogP contribution is -2.44. The van der Waals surface area contributed by atoms with Gasteiger partial charge in [0, 0.05) is 32.0 Å². The minimum absolute atomic E-state index is 0.234. The number of aromatic nitrogens is 4. The summed E-state index contributed by atoms with van der Waals surface area (Å²) in [5, 5.41) is 5.11. The average Bonchev–Trinajstić information content (AvgIpc) is 3.04. The summed E-state index contributed by atoms with van der Waals surface area (Å²) in [5.74, 6) is 1.76. The zero-order chi connectivity index (χ0) is 16.5. The lowest BCUT2D eigenvalue weighted by atomic mass is 9.99. The molecule has 8 heteroatoms. The van der Waals surface area contributed by atoms with E-state index < -0.39 is 0 Å². The highest BCUT2D eigenvalue weighted by Crippen LogP contribution is 2.29. The number of halogens is 2. The van der Waals surface area contributed by atoms with E-state index in [2.05, 4.69) is 25.0 Å². The van der Waals surface area contributed by atoms with Gasteiger partial charge in [-0.3, -0.25) is 4.90 Å². The van der Waals surface area contributed by atoms with Crippen LogP contribution in [-0.2, 0) is 6.54 Å². The number of rotatable bonds is 4. The number of nitrogens with zero attached hydrogens (tertiary/aromatic N) is 5. The van der Waals surface area contributed by atoms with Gasteiger partial charge in [-0.15, -0.1) is 0 Å². The van der Waals surface area contributed by atoms with Gasteiger partial charge in [-0.2, -0.15) is 4.98 Å². The monoisotopic (exact) mass is 361 g/mol. The van der Waals surface area contributed by atoms with E-state index in [-0.39, 0.29) is 5.92 Å². The lowest BCUT2D eigenvalue weighted by molar-refractivity contribution is 0.117. The summed E-state index contributed by atoms with van der Waals surface area (Å²) in [6.45, 7) is 2.53. The number of hydrogen-bond donors (Lipinski definition) is 0. The molecule has 6 nitrogen and oxygen atoms in total. The summed E-state index contributed by atoms with van der Waals surface area (Å²) in [6, 6.07) is 7.45. The van der Waals surface area contributed by atoms with Gasteiger partial charge in [-0.05, 0) is 23.8 Å². The minimum Gasteiger partial charge on any atom is -0.338 e. The molecule has 0 spiro atoms. The topological polar surface area (TPSA) is 67.9 Å². The third-order valence-electron chi connectivity index (χ3n) is 3.90. The highest BCUT2D eigenvalue weighted by Gasteiger charge is 2.32. The van der Waals surface area contributed by atoms with Gasteiger partial charge in [0.2, 0.25) is 17.5 Å². The van der Waals surface area contributed by atoms with E-state index in [1.807, 2.05) is 18.2 Å². The summed E-state index contributed by atoms with van der Waals surface area (Å²) < 4.78 is 5.35. The van der Waals surface area contributed by atoms with Crippen LogP contribution in [0.2, 0.25) is 10.0 Å². The zero-order valence-electron chi connectivity index (χ0n) is 12.6. The molecule has 1 saturated heterocycles. The van der Waals surface area contributed by atoms with Crippen molar-refractivity contribution < 1.29 is 4.52 Å². The van der Waals surface area contributed by atoms with Crippen molar-refractivity contribution in [1.29, 1.82) is 0 Å². The van der Waals surface area contributed by atoms with Gasteiger partial charge in [0.1, 0.15) is 0 Å². The smallest absolute Gasteiger partial charge is 0.240 e. The van der Waals surface area contributed by atoms with Crippen LogP contribution in [-0.4, -0.2) is 38.1 Å². The van der Waals surface area contributed by atoms with Crippen LogP contribution in [0.5, 0.6) is 0 Å². The Labute approximate surface area is 148 Å². The lowest BCUT2D eigenvalue weighted by Gasteiger charge is -2.37. The SMILES string of the molecule is Clc1ccc(CN2CC(c3nc(-c4ncccn4)no3)C2)cc1Cl. The summed E-state index contributed by atoms with van der Waals surface area (Å²) in [5.41, 5.74) is 1.13. The van der Waals surface area contributed by atoms with Crippen LogP contribution < -0.4 is 0 Å². The van der Waals surface area contributed by atoms with Crippen molar-refractivity contribution in [2.45, 2.75) is 12.5 Å². The first-order chi connectivity index (χ1) is 11.7. The third kappa shape index (κ3) is 3.13. The Morgan fingerprint density at radius 3 is 2.62 bits per heavy atom. The zero-order valence-corrected chi connectivity index (χ0v) is 14.1. The first kappa shape index (κ1) is 15.5. The summed E-state index contributed by atoms with van der Waals surface area (Å²) in [7, 11) is 0. The first-order valence-electron chi connectivity index (χ1n) is 7.46. The van der Waals surface area contributed by atoms with Gasteiger partial charge in [-0.1, -0.05) is 34.4 Å². The standard InChI is InChI=1S/C16H13Cl2N5O/c17-12-3-2-10(6-13(12)18)7-23-8-11(9-23)16-21-15(22-24-16)14-19-4-1-5-20-14/h1-6,11H,7-9H2. The van der Waals surface area contributed by atoms with Crippen molar-refractivity contribution in [2.75, 3.05) is 13.1 Å². The molecule has 4 rings (SSSR count). The highest BCUT2D eigenvalue weighted by molar-refractivity contribution is 6.42. The van der Waals surface area contributed by atoms with Crippen LogP contribution in [0.25, 0.3) is 11.6 Å². The van der Waals surface area contributed by atoms with Crippen molar-refractivity contribution in [3.63, 3.8) is 0 Å². The molecule has 2 aromatic heterocycles. The third-order valence-corrected chi connectivity index (χ3v) is 4.64. The molecule has 3 heterocycles. The molecule has 0 unspecified atom stereocenters. The quantitative estimate of drug-likeness (QED) is 0.708. The Bertz CT molecular complexity index is 849. The molecule has 3 aromatic rings. The molecule has 1 aromatic carbocycles. The van der Waals surface area contributed by atoms with Crippen molar-refractivity contribution in [1.82, 2.24) is 25.0 Å². The molecule has 0 amide bonds. The van der Waals surface area contributed by atoms with Gasteiger partial charge >= 0.3 is 0 Å². The van der Waals surface area contributed by atoms with Gasteiger partial charge in [0.25, 0.3) is 0 Å². The molecule has 0 N–H and O–H groups in total. The molecular formula is C16H13Cl2N5O. The van der Waals surface area contributed by atoms with Crippen molar-refractivity contribution >= 4 is 23.2 Å². The maximum absolute atomic E-state index is 6.05. The van der Waals surface area contributed by atoms with E-state index in [0.29, 0.717) is 27.6 Å². The fourth-order valence-electron chi connectivity index (χ4n) is 2.66. The molecule has 0 bridgehead atoms. The molecule has 1 aliphatic heterocycles. The Kier molecular flexibility index (Phi) is 4.18. The van der Waals surface area contributed by atoms with E-state index in [1.165, 1.54) is 0 Å². The number of likely N-dealkylation sites (tertiary alicyclic amines) is 1. The second-order valence-electron chi connectivity index (χ2n) is 5.67. The number of hydrogen-bond acceptors (Lipinski definition) is 6. The minimum atomic E-state index is 0.234. The van der Waals surface area contributed by atoms with E-state index >= 15 is 0 Å². The molecule has 122 valence electrons. The van der Waals surface area contributed by atoms with Crippen LogP contribution in [0.3, 0.4) is 0 Å². The fourth-order valence-corrected chi connectivity index (χ4v) is 2.98. The van der Waals surface area contributed by atoms with Crippen LogP contribution in [0.1, 0.15) is 17.4 Å². The van der Waals surface area contributed by atoms with Crippen molar-refractivity contribution in [3.05, 3.63) is 58.2 Å². The summed E-state index contributed by atoms with van der Waals surface area (Å²) in [6.07, 6.45) is 3.31. The Hall–Kier alpha value is -2.02. The average molecular weight is 362 g/mol. The predicted molar refractivity (Wildman–Crippen MR) is 89.8 cm³/mol. The van der Waals surface area contributed by atoms with Crippen molar-refractivity contribution in [2.24, 2.45) is 0 Å². The van der Waals surface area contributed by atoms with Crippen LogP contribution in [0.15, 0.2) is 41.2 Å². The Morgan fingerprint density at radius 1 is 1.08 bits per heavy atom. The van der Waals surface area contributed by atoms with Crippen LogP contribution >= 0.6 is 23.2 Å². The van der Waals surface area contributed by atoms with Gasteiger partial charge in [-0.25, -0.2) is 9.97 Å². The van der Waals surface area contributed by atoms with E-state index in [9.17, 15) is 0 Å². The van der Waals surface area contributed by atoms with Gasteiger partial charge in [0.15, 0.2) is 0 Å². The normalized spacial score (nSPS) is 15.4. The highest BCUT2D eigenvalue weighted by atomic mass is 35.5. The first-order valence-corrected chi connectivity index (χ1v) is 8.22. The molecular weight excluding hydrogens is 349 g/mol. The molecule has 0 atom stereocenters. The van der Waals surface area contributed by atoms with Gasteiger partial charge in [0.05, 0.1) is 16.0 Å². The summed E-state index contributed by atoms with van der Waals surface area (Å²) in [4.78, 5) is 14.9. The van der Waals surface area contributed by atoms with Crippen LogP contribution in [0, 0.1) is 0 Å². The van der Waals surface area contributed by atoms with E-state index in [1.54, 1.807) is 18.5 Å². The fraction of sp³-hybridized carbons (Fsp3) is 0.250. The molecule has 24 heavy (non-hydrogen) atoms. The maximum Gasteiger partial charge on any atom is 0.240 e. The second kappa shape index (κ2) is 6.47. The predicted octanol–water partition coefficient (Wildman–Crippen LogP) is 3.43. The number of benzene rings is 1. The summed E-state index contributed by atoms with van der Waals surface area (Å²) >= 11 is 12.0. The molecule has 0 radical (unpaired) electrons. The van der Waals surface area contributed by atoms with Gasteiger partial charge < -0.3 is 4.52 Å². The Morgan fingerprint density at radius 2 is 1.88 bits per heavy atom. The Balaban J connectivity index is 1.37. The molecule has 1 aliphatic rings. The van der Waals surface area contributed by atoms with E-state index in [4.69, 9.17) is 27.7 Å².